The maximum absolute atomic E-state index is 14.0. The van der Waals surface area contributed by atoms with Gasteiger partial charge in [-0.05, 0) is 56.7 Å². The highest BCUT2D eigenvalue weighted by molar-refractivity contribution is 5.91. The van der Waals surface area contributed by atoms with Crippen LogP contribution >= 0.6 is 0 Å². The lowest BCUT2D eigenvalue weighted by Crippen LogP contribution is -2.55. The number of pyridine rings is 1. The second-order valence-electron chi connectivity index (χ2n) is 12.0. The standard InChI is InChI=1S/C31H38F2N8O2/c1-20(32)30(42)41-12-11-40(17-23(41)7-9-34)29-26-8-10-39(28-15-35-14-21-5-3-4-6-25(21)28)18-27(26)36-31(37-29)43-19-24-13-22(33)16-38(24)2/h14-15,22-24H,1,3-8,10-13,16-19H2,2H3/t22-,23+,24+/m1/s1. The van der Waals surface area contributed by atoms with Crippen molar-refractivity contribution in [3.8, 4) is 12.1 Å². The Hall–Kier alpha value is -3.85. The number of carbonyl (C=O) groups excluding carboxylic acids is 1. The van der Waals surface area contributed by atoms with Crippen molar-refractivity contribution >= 4 is 17.4 Å². The molecule has 0 N–H and O–H groups in total. The predicted octanol–water partition coefficient (Wildman–Crippen LogP) is 3.15. The highest BCUT2D eigenvalue weighted by Gasteiger charge is 2.36. The summed E-state index contributed by atoms with van der Waals surface area (Å²) in [6, 6.07) is 1.79. The number of hydrogen-bond donors (Lipinski definition) is 0. The average molecular weight is 593 g/mol. The number of likely N-dealkylation sites (N-methyl/N-ethyl adjacent to an activating group) is 1. The van der Waals surface area contributed by atoms with Crippen molar-refractivity contribution in [1.82, 2.24) is 24.8 Å². The van der Waals surface area contributed by atoms with Crippen LogP contribution in [0.25, 0.3) is 0 Å². The van der Waals surface area contributed by atoms with Crippen LogP contribution in [0.15, 0.2) is 24.8 Å². The number of fused-ring (bicyclic) bond motifs is 2. The van der Waals surface area contributed by atoms with Crippen LogP contribution in [0.2, 0.25) is 0 Å². The number of aromatic nitrogens is 3. The molecule has 0 unspecified atom stereocenters. The topological polar surface area (TPSA) is 102 Å². The van der Waals surface area contributed by atoms with E-state index in [4.69, 9.17) is 14.7 Å². The van der Waals surface area contributed by atoms with Crippen molar-refractivity contribution < 1.29 is 18.3 Å². The minimum absolute atomic E-state index is 0.0600. The molecular formula is C31H38F2N8O2. The molecule has 0 bridgehead atoms. The molecule has 4 aliphatic rings. The molecule has 2 aromatic heterocycles. The second-order valence-corrected chi connectivity index (χ2v) is 12.0. The van der Waals surface area contributed by atoms with Gasteiger partial charge in [-0.3, -0.25) is 14.7 Å². The van der Waals surface area contributed by atoms with Gasteiger partial charge in [0.2, 0.25) is 0 Å². The Labute approximate surface area is 251 Å². The summed E-state index contributed by atoms with van der Waals surface area (Å²) in [6.45, 7) is 6.13. The number of carbonyl (C=O) groups is 1. The number of anilines is 2. The molecular weight excluding hydrogens is 554 g/mol. The van der Waals surface area contributed by atoms with Crippen LogP contribution in [0.1, 0.15) is 48.1 Å². The first-order chi connectivity index (χ1) is 20.8. The number of aryl methyl sites for hydroxylation is 1. The molecule has 2 saturated heterocycles. The van der Waals surface area contributed by atoms with Crippen LogP contribution in [0.3, 0.4) is 0 Å². The molecule has 1 aliphatic carbocycles. The molecule has 2 aromatic rings. The monoisotopic (exact) mass is 592 g/mol. The van der Waals surface area contributed by atoms with E-state index in [0.29, 0.717) is 44.8 Å². The summed E-state index contributed by atoms with van der Waals surface area (Å²) in [7, 11) is 1.89. The quantitative estimate of drug-likeness (QED) is 0.449. The predicted molar refractivity (Wildman–Crippen MR) is 157 cm³/mol. The third-order valence-corrected chi connectivity index (χ3v) is 9.25. The normalized spacial score (nSPS) is 23.9. The first kappa shape index (κ1) is 29.2. The average Bonchev–Trinajstić information content (AvgIpc) is 3.34. The number of piperazine rings is 1. The van der Waals surface area contributed by atoms with E-state index in [1.807, 2.05) is 24.3 Å². The first-order valence-electron chi connectivity index (χ1n) is 15.2. The lowest BCUT2D eigenvalue weighted by atomic mass is 9.91. The summed E-state index contributed by atoms with van der Waals surface area (Å²) in [6.07, 6.45) is 8.67. The number of likely N-dealkylation sites (tertiary alicyclic amines) is 1. The van der Waals surface area contributed by atoms with E-state index >= 15 is 0 Å². The molecule has 228 valence electrons. The maximum Gasteiger partial charge on any atom is 0.318 e. The molecule has 12 heteroatoms. The summed E-state index contributed by atoms with van der Waals surface area (Å²) in [5, 5.41) is 9.48. The van der Waals surface area contributed by atoms with E-state index in [2.05, 4.69) is 27.4 Å². The van der Waals surface area contributed by atoms with Crippen molar-refractivity contribution in [3.05, 3.63) is 47.2 Å². The third kappa shape index (κ3) is 6.00. The van der Waals surface area contributed by atoms with E-state index in [-0.39, 0.29) is 31.6 Å². The van der Waals surface area contributed by atoms with Crippen LogP contribution < -0.4 is 14.5 Å². The minimum atomic E-state index is -1.03. The molecule has 1 amide bonds. The molecule has 3 atom stereocenters. The molecule has 6 rings (SSSR count). The summed E-state index contributed by atoms with van der Waals surface area (Å²) in [4.78, 5) is 34.5. The summed E-state index contributed by atoms with van der Waals surface area (Å²) in [5.74, 6) is -1.10. The molecule has 10 nitrogen and oxygen atoms in total. The van der Waals surface area contributed by atoms with Gasteiger partial charge in [0, 0.05) is 50.5 Å². The molecule has 5 heterocycles. The van der Waals surface area contributed by atoms with Gasteiger partial charge >= 0.3 is 6.01 Å². The summed E-state index contributed by atoms with van der Waals surface area (Å²) in [5.41, 5.74) is 5.71. The molecule has 0 radical (unpaired) electrons. The van der Waals surface area contributed by atoms with Gasteiger partial charge in [-0.1, -0.05) is 6.58 Å². The van der Waals surface area contributed by atoms with Crippen molar-refractivity contribution in [2.45, 2.75) is 69.7 Å². The smallest absolute Gasteiger partial charge is 0.318 e. The Morgan fingerprint density at radius 2 is 1.93 bits per heavy atom. The van der Waals surface area contributed by atoms with Crippen molar-refractivity contribution in [3.63, 3.8) is 0 Å². The van der Waals surface area contributed by atoms with Gasteiger partial charge in [0.25, 0.3) is 5.91 Å². The van der Waals surface area contributed by atoms with E-state index in [1.54, 1.807) is 0 Å². The van der Waals surface area contributed by atoms with E-state index < -0.39 is 23.9 Å². The maximum atomic E-state index is 14.0. The van der Waals surface area contributed by atoms with Crippen LogP contribution in [-0.4, -0.2) is 95.3 Å². The highest BCUT2D eigenvalue weighted by Crippen LogP contribution is 2.36. The third-order valence-electron chi connectivity index (χ3n) is 9.25. The summed E-state index contributed by atoms with van der Waals surface area (Å²) < 4.78 is 33.9. The Balaban J connectivity index is 1.31. The Bertz CT molecular complexity index is 1430. The van der Waals surface area contributed by atoms with Gasteiger partial charge in [0.05, 0.1) is 42.7 Å². The lowest BCUT2D eigenvalue weighted by molar-refractivity contribution is -0.131. The van der Waals surface area contributed by atoms with Crippen LogP contribution in [0, 0.1) is 11.3 Å². The summed E-state index contributed by atoms with van der Waals surface area (Å²) >= 11 is 0. The van der Waals surface area contributed by atoms with Crippen molar-refractivity contribution in [2.24, 2.45) is 0 Å². The molecule has 3 aliphatic heterocycles. The molecule has 2 fully saturated rings. The van der Waals surface area contributed by atoms with Gasteiger partial charge in [-0.15, -0.1) is 0 Å². The number of nitrogens with zero attached hydrogens (tertiary/aromatic N) is 8. The van der Waals surface area contributed by atoms with Crippen molar-refractivity contribution in [2.75, 3.05) is 56.2 Å². The number of halogens is 2. The highest BCUT2D eigenvalue weighted by atomic mass is 19.1. The largest absolute Gasteiger partial charge is 0.462 e. The van der Waals surface area contributed by atoms with Crippen LogP contribution in [0.4, 0.5) is 20.3 Å². The first-order valence-corrected chi connectivity index (χ1v) is 15.2. The Kier molecular flexibility index (Phi) is 8.43. The fourth-order valence-corrected chi connectivity index (χ4v) is 6.96. The van der Waals surface area contributed by atoms with Gasteiger partial charge < -0.3 is 19.4 Å². The van der Waals surface area contributed by atoms with E-state index in [1.165, 1.54) is 28.9 Å². The number of hydrogen-bond acceptors (Lipinski definition) is 9. The number of nitriles is 1. The molecule has 0 spiro atoms. The van der Waals surface area contributed by atoms with Gasteiger partial charge in [0.15, 0.2) is 5.83 Å². The zero-order valence-electron chi connectivity index (χ0n) is 24.6. The lowest BCUT2D eigenvalue weighted by Gasteiger charge is -2.42. The minimum Gasteiger partial charge on any atom is -0.462 e. The van der Waals surface area contributed by atoms with Gasteiger partial charge in [0.1, 0.15) is 18.6 Å². The van der Waals surface area contributed by atoms with Crippen LogP contribution in [-0.2, 0) is 30.6 Å². The fourth-order valence-electron chi connectivity index (χ4n) is 6.96. The zero-order valence-corrected chi connectivity index (χ0v) is 24.6. The molecule has 0 saturated carbocycles. The zero-order chi connectivity index (χ0) is 30.1. The number of alkyl halides is 1. The second kappa shape index (κ2) is 12.4. The van der Waals surface area contributed by atoms with Crippen LogP contribution in [0.5, 0.6) is 6.01 Å². The van der Waals surface area contributed by atoms with Crippen molar-refractivity contribution in [1.29, 1.82) is 5.26 Å². The number of rotatable bonds is 7. The number of ether oxygens (including phenoxy) is 1. The molecule has 43 heavy (non-hydrogen) atoms. The molecule has 0 aromatic carbocycles. The number of amides is 1. The SMILES string of the molecule is C=C(F)C(=O)N1CCN(c2nc(OC[C@@H]3C[C@@H](F)CN3C)nc3c2CCN(c2cncc4c2CCCC4)C3)C[C@@H]1CC#N. The Morgan fingerprint density at radius 3 is 2.70 bits per heavy atom. The van der Waals surface area contributed by atoms with Gasteiger partial charge in [-0.25, -0.2) is 8.78 Å². The van der Waals surface area contributed by atoms with Gasteiger partial charge in [-0.2, -0.15) is 15.2 Å². The van der Waals surface area contributed by atoms with E-state index in [9.17, 15) is 18.8 Å². The Morgan fingerprint density at radius 1 is 1.09 bits per heavy atom. The van der Waals surface area contributed by atoms with E-state index in [0.717, 1.165) is 36.3 Å². The fraction of sp³-hybridized carbons (Fsp3) is 0.581.